The Labute approximate surface area is 194 Å². The maximum absolute atomic E-state index is 12.5. The fourth-order valence-corrected chi connectivity index (χ4v) is 4.59. The van der Waals surface area contributed by atoms with Crippen LogP contribution < -0.4 is 5.32 Å². The van der Waals surface area contributed by atoms with Crippen LogP contribution in [0.1, 0.15) is 23.6 Å². The summed E-state index contributed by atoms with van der Waals surface area (Å²) in [5, 5.41) is 16.8. The Bertz CT molecular complexity index is 1320. The number of carbonyl (C=O) groups is 1. The fourth-order valence-electron chi connectivity index (χ4n) is 3.78. The van der Waals surface area contributed by atoms with Crippen LogP contribution in [0.15, 0.2) is 52.5 Å². The first-order valence-electron chi connectivity index (χ1n) is 10.5. The highest BCUT2D eigenvalue weighted by molar-refractivity contribution is 7.13. The summed E-state index contributed by atoms with van der Waals surface area (Å²) in [7, 11) is 1.70. The lowest BCUT2D eigenvalue weighted by Crippen LogP contribution is -2.36. The van der Waals surface area contributed by atoms with Gasteiger partial charge in [-0.05, 0) is 24.6 Å². The monoisotopic (exact) mass is 462 g/mol. The molecule has 1 aromatic carbocycles. The van der Waals surface area contributed by atoms with Gasteiger partial charge in [-0.1, -0.05) is 18.2 Å². The van der Waals surface area contributed by atoms with E-state index >= 15 is 0 Å². The van der Waals surface area contributed by atoms with E-state index in [9.17, 15) is 9.90 Å². The lowest BCUT2D eigenvalue weighted by molar-refractivity contribution is -0.143. The smallest absolute Gasteiger partial charge is 0.258 e. The van der Waals surface area contributed by atoms with E-state index in [2.05, 4.69) is 20.3 Å². The van der Waals surface area contributed by atoms with Crippen LogP contribution in [0.3, 0.4) is 0 Å². The van der Waals surface area contributed by atoms with E-state index in [1.165, 1.54) is 11.3 Å². The molecule has 0 bridgehead atoms. The summed E-state index contributed by atoms with van der Waals surface area (Å²) in [6.45, 7) is 2.75. The first-order valence-corrected chi connectivity index (χ1v) is 11.3. The molecule has 0 unspecified atom stereocenters. The number of likely N-dealkylation sites (tertiary alicyclic amines) is 1. The zero-order valence-electron chi connectivity index (χ0n) is 18.1. The quantitative estimate of drug-likeness (QED) is 0.449. The number of nitrogens with zero attached hydrogens (tertiary/aromatic N) is 5. The number of likely N-dealkylation sites (N-methyl/N-ethyl adjacent to an activating group) is 1. The number of amides is 1. The van der Waals surface area contributed by atoms with E-state index in [0.717, 1.165) is 16.3 Å². The molecule has 5 rings (SSSR count). The van der Waals surface area contributed by atoms with Gasteiger partial charge in [0.05, 0.1) is 18.4 Å². The number of aryl methyl sites for hydroxylation is 1. The largest absolute Gasteiger partial charge is 0.444 e. The van der Waals surface area contributed by atoms with Gasteiger partial charge < -0.3 is 19.7 Å². The molecule has 1 amide bonds. The van der Waals surface area contributed by atoms with Gasteiger partial charge in [-0.25, -0.2) is 19.9 Å². The Kier molecular flexibility index (Phi) is 5.39. The topological polar surface area (TPSA) is 117 Å². The molecule has 1 atom stereocenters. The number of aromatic nitrogens is 4. The van der Waals surface area contributed by atoms with Crippen molar-refractivity contribution in [3.05, 3.63) is 65.3 Å². The Morgan fingerprint density at radius 1 is 1.24 bits per heavy atom. The van der Waals surface area contributed by atoms with E-state index in [0.29, 0.717) is 48.3 Å². The molecule has 0 aliphatic carbocycles. The highest BCUT2D eigenvalue weighted by Gasteiger charge is 2.45. The van der Waals surface area contributed by atoms with Crippen LogP contribution in [0.25, 0.3) is 22.0 Å². The Hall–Kier alpha value is -3.63. The molecule has 0 saturated carbocycles. The van der Waals surface area contributed by atoms with Gasteiger partial charge >= 0.3 is 0 Å². The van der Waals surface area contributed by atoms with Crippen molar-refractivity contribution in [1.29, 1.82) is 0 Å². The van der Waals surface area contributed by atoms with Crippen molar-refractivity contribution in [1.82, 2.24) is 24.8 Å². The standard InChI is InChI=1S/C23H22N6O3S/c1-14-11-25-19(32-14)12-26-22-24-8-6-17(28-22)18-13-33-20(27-18)15-4-3-5-16(10-15)23(31)7-9-29(2)21(23)30/h3-6,8,10-11,13,31H,7,9,12H2,1-2H3,(H,24,26,28)/t23-/m1/s1. The SMILES string of the molecule is Cc1cnc(CNc2nccc(-c3csc(-c4cccc([C@]5(O)CCN(C)C5=O)c4)n3)n2)o1. The number of hydrogen-bond acceptors (Lipinski definition) is 9. The third-order valence-electron chi connectivity index (χ3n) is 5.59. The molecule has 1 aliphatic rings. The average Bonchev–Trinajstić information content (AvgIpc) is 3.55. The molecule has 0 radical (unpaired) electrons. The molecule has 9 nitrogen and oxygen atoms in total. The molecule has 168 valence electrons. The third-order valence-corrected chi connectivity index (χ3v) is 6.48. The van der Waals surface area contributed by atoms with Crippen LogP contribution >= 0.6 is 11.3 Å². The van der Waals surface area contributed by atoms with Gasteiger partial charge in [0.1, 0.15) is 16.5 Å². The second-order valence-corrected chi connectivity index (χ2v) is 8.80. The number of thiazole rings is 1. The Morgan fingerprint density at radius 3 is 2.88 bits per heavy atom. The lowest BCUT2D eigenvalue weighted by Gasteiger charge is -2.21. The van der Waals surface area contributed by atoms with Gasteiger partial charge in [-0.15, -0.1) is 11.3 Å². The van der Waals surface area contributed by atoms with Crippen molar-refractivity contribution in [2.24, 2.45) is 0 Å². The minimum atomic E-state index is -1.49. The minimum Gasteiger partial charge on any atom is -0.444 e. The normalized spacial score (nSPS) is 18.2. The van der Waals surface area contributed by atoms with Crippen molar-refractivity contribution >= 4 is 23.2 Å². The molecule has 33 heavy (non-hydrogen) atoms. The van der Waals surface area contributed by atoms with Crippen LogP contribution in [0, 0.1) is 6.92 Å². The van der Waals surface area contributed by atoms with E-state index in [1.807, 2.05) is 30.5 Å². The predicted octanol–water partition coefficient (Wildman–Crippen LogP) is 3.23. The molecule has 1 saturated heterocycles. The highest BCUT2D eigenvalue weighted by atomic mass is 32.1. The number of aliphatic hydroxyl groups is 1. The van der Waals surface area contributed by atoms with Crippen LogP contribution in [0.4, 0.5) is 5.95 Å². The molecule has 2 N–H and O–H groups in total. The summed E-state index contributed by atoms with van der Waals surface area (Å²) >= 11 is 1.47. The summed E-state index contributed by atoms with van der Waals surface area (Å²) in [5.41, 5.74) is 1.33. The van der Waals surface area contributed by atoms with E-state index in [-0.39, 0.29) is 5.91 Å². The lowest BCUT2D eigenvalue weighted by atomic mass is 9.91. The van der Waals surface area contributed by atoms with Crippen LogP contribution in [-0.2, 0) is 16.9 Å². The predicted molar refractivity (Wildman–Crippen MR) is 123 cm³/mol. The summed E-state index contributed by atoms with van der Waals surface area (Å²) in [6.07, 6.45) is 3.71. The van der Waals surface area contributed by atoms with Crippen molar-refractivity contribution in [3.8, 4) is 22.0 Å². The van der Waals surface area contributed by atoms with Crippen molar-refractivity contribution in [2.75, 3.05) is 18.9 Å². The Morgan fingerprint density at radius 2 is 2.12 bits per heavy atom. The highest BCUT2D eigenvalue weighted by Crippen LogP contribution is 2.36. The van der Waals surface area contributed by atoms with Crippen LogP contribution in [0.2, 0.25) is 0 Å². The second-order valence-electron chi connectivity index (χ2n) is 7.94. The van der Waals surface area contributed by atoms with Crippen molar-refractivity contribution < 1.29 is 14.3 Å². The number of anilines is 1. The van der Waals surface area contributed by atoms with Gasteiger partial charge in [0.25, 0.3) is 5.91 Å². The van der Waals surface area contributed by atoms with Gasteiger partial charge in [0, 0.05) is 37.2 Å². The van der Waals surface area contributed by atoms with Crippen LogP contribution in [-0.4, -0.2) is 49.4 Å². The zero-order chi connectivity index (χ0) is 23.0. The number of hydrogen-bond donors (Lipinski definition) is 2. The molecule has 10 heteroatoms. The molecular formula is C23H22N6O3S. The second kappa shape index (κ2) is 8.38. The summed E-state index contributed by atoms with van der Waals surface area (Å²) < 4.78 is 5.46. The molecule has 3 aromatic heterocycles. The van der Waals surface area contributed by atoms with Gasteiger partial charge in [-0.3, -0.25) is 4.79 Å². The minimum absolute atomic E-state index is 0.277. The number of carbonyl (C=O) groups excluding carboxylic acids is 1. The maximum atomic E-state index is 12.5. The first-order chi connectivity index (χ1) is 15.9. The van der Waals surface area contributed by atoms with Crippen molar-refractivity contribution in [2.45, 2.75) is 25.5 Å². The number of oxazole rings is 1. The zero-order valence-corrected chi connectivity index (χ0v) is 19.0. The number of rotatable bonds is 6. The molecule has 1 fully saturated rings. The molecule has 4 aromatic rings. The van der Waals surface area contributed by atoms with Gasteiger partial charge in [0.2, 0.25) is 11.8 Å². The Balaban J connectivity index is 1.36. The number of nitrogens with one attached hydrogen (secondary N) is 1. The van der Waals surface area contributed by atoms with Gasteiger partial charge in [-0.2, -0.15) is 0 Å². The van der Waals surface area contributed by atoms with E-state index in [1.54, 1.807) is 36.5 Å². The maximum Gasteiger partial charge on any atom is 0.258 e. The average molecular weight is 463 g/mol. The summed E-state index contributed by atoms with van der Waals surface area (Å²) in [6, 6.07) is 9.18. The molecular weight excluding hydrogens is 440 g/mol. The van der Waals surface area contributed by atoms with Crippen LogP contribution in [0.5, 0.6) is 0 Å². The number of benzene rings is 1. The van der Waals surface area contributed by atoms with Crippen molar-refractivity contribution in [3.63, 3.8) is 0 Å². The fraction of sp³-hybridized carbons (Fsp3) is 0.261. The van der Waals surface area contributed by atoms with E-state index in [4.69, 9.17) is 9.40 Å². The van der Waals surface area contributed by atoms with Gasteiger partial charge in [0.15, 0.2) is 5.60 Å². The molecule has 0 spiro atoms. The summed E-state index contributed by atoms with van der Waals surface area (Å²) in [5.74, 6) is 1.48. The molecule has 4 heterocycles. The first kappa shape index (κ1) is 21.2. The molecule has 1 aliphatic heterocycles. The summed E-state index contributed by atoms with van der Waals surface area (Å²) in [4.78, 5) is 31.7. The third kappa shape index (κ3) is 4.10. The van der Waals surface area contributed by atoms with E-state index < -0.39 is 5.60 Å².